The van der Waals surface area contributed by atoms with Crippen molar-refractivity contribution in [1.82, 2.24) is 0 Å². The Bertz CT molecular complexity index is 204. The molecule has 0 unspecified atom stereocenters. The summed E-state index contributed by atoms with van der Waals surface area (Å²) >= 11 is 0. The van der Waals surface area contributed by atoms with Crippen LogP contribution in [0.3, 0.4) is 0 Å². The third kappa shape index (κ3) is 1.95. The standard InChI is InChI=1S/C11H18/c1-5-10-6-7-11(3,4)8-9(10)2/h6,8H,5,7H2,1-4H3. The van der Waals surface area contributed by atoms with Crippen LogP contribution in [0, 0.1) is 5.41 Å². The van der Waals surface area contributed by atoms with Crippen LogP contribution >= 0.6 is 0 Å². The molecule has 0 radical (unpaired) electrons. The minimum Gasteiger partial charge on any atom is -0.0802 e. The molecule has 0 aliphatic heterocycles. The van der Waals surface area contributed by atoms with Crippen molar-refractivity contribution in [1.29, 1.82) is 0 Å². The molecule has 0 nitrogen and oxygen atoms in total. The molecule has 0 saturated heterocycles. The third-order valence-corrected chi connectivity index (χ3v) is 2.37. The zero-order valence-electron chi connectivity index (χ0n) is 8.07. The van der Waals surface area contributed by atoms with Crippen LogP contribution in [0.25, 0.3) is 0 Å². The Balaban J connectivity index is 2.82. The summed E-state index contributed by atoms with van der Waals surface area (Å²) in [4.78, 5) is 0. The van der Waals surface area contributed by atoms with Crippen LogP contribution in [-0.2, 0) is 0 Å². The highest BCUT2D eigenvalue weighted by atomic mass is 14.2. The van der Waals surface area contributed by atoms with Crippen LogP contribution in [0.1, 0.15) is 40.5 Å². The number of hydrogen-bond donors (Lipinski definition) is 0. The maximum Gasteiger partial charge on any atom is -0.0134 e. The molecule has 0 aromatic heterocycles. The van der Waals surface area contributed by atoms with Gasteiger partial charge in [0.2, 0.25) is 0 Å². The van der Waals surface area contributed by atoms with Crippen molar-refractivity contribution in [2.24, 2.45) is 5.41 Å². The summed E-state index contributed by atoms with van der Waals surface area (Å²) in [7, 11) is 0. The average Bonchev–Trinajstić information content (AvgIpc) is 1.86. The second kappa shape index (κ2) is 2.84. The van der Waals surface area contributed by atoms with E-state index in [1.807, 2.05) is 0 Å². The van der Waals surface area contributed by atoms with E-state index in [0.29, 0.717) is 5.41 Å². The minimum absolute atomic E-state index is 0.392. The molecule has 0 saturated carbocycles. The van der Waals surface area contributed by atoms with E-state index in [2.05, 4.69) is 39.8 Å². The molecule has 0 aromatic rings. The Kier molecular flexibility index (Phi) is 2.22. The van der Waals surface area contributed by atoms with Gasteiger partial charge >= 0.3 is 0 Å². The lowest BCUT2D eigenvalue weighted by molar-refractivity contribution is 0.476. The van der Waals surface area contributed by atoms with Gasteiger partial charge in [-0.15, -0.1) is 0 Å². The Morgan fingerprint density at radius 1 is 1.45 bits per heavy atom. The molecule has 0 N–H and O–H groups in total. The van der Waals surface area contributed by atoms with Gasteiger partial charge in [-0.25, -0.2) is 0 Å². The SMILES string of the molecule is CCC1=CCC(C)(C)C=C1C. The molecule has 1 aliphatic rings. The van der Waals surface area contributed by atoms with Crippen LogP contribution < -0.4 is 0 Å². The highest BCUT2D eigenvalue weighted by molar-refractivity contribution is 5.34. The summed E-state index contributed by atoms with van der Waals surface area (Å²) in [6.45, 7) is 9.02. The quantitative estimate of drug-likeness (QED) is 0.534. The molecule has 0 atom stereocenters. The fourth-order valence-electron chi connectivity index (χ4n) is 1.71. The first-order valence-electron chi connectivity index (χ1n) is 4.44. The highest BCUT2D eigenvalue weighted by Crippen LogP contribution is 2.32. The molecule has 11 heavy (non-hydrogen) atoms. The normalized spacial score (nSPS) is 22.5. The van der Waals surface area contributed by atoms with E-state index in [-0.39, 0.29) is 0 Å². The van der Waals surface area contributed by atoms with Gasteiger partial charge in [-0.3, -0.25) is 0 Å². The van der Waals surface area contributed by atoms with E-state index >= 15 is 0 Å². The largest absolute Gasteiger partial charge is 0.0802 e. The maximum absolute atomic E-state index is 2.39. The maximum atomic E-state index is 2.39. The van der Waals surface area contributed by atoms with Gasteiger partial charge in [0.1, 0.15) is 0 Å². The summed E-state index contributed by atoms with van der Waals surface area (Å²) < 4.78 is 0. The van der Waals surface area contributed by atoms with Gasteiger partial charge in [0, 0.05) is 0 Å². The first kappa shape index (κ1) is 8.58. The van der Waals surface area contributed by atoms with E-state index in [1.165, 1.54) is 24.0 Å². The van der Waals surface area contributed by atoms with Gasteiger partial charge in [-0.2, -0.15) is 0 Å². The van der Waals surface area contributed by atoms with Crippen molar-refractivity contribution >= 4 is 0 Å². The molecule has 0 heteroatoms. The van der Waals surface area contributed by atoms with Gasteiger partial charge in [0.05, 0.1) is 0 Å². The van der Waals surface area contributed by atoms with Crippen LogP contribution in [0.4, 0.5) is 0 Å². The lowest BCUT2D eigenvalue weighted by atomic mass is 9.80. The molecule has 1 aliphatic carbocycles. The highest BCUT2D eigenvalue weighted by Gasteiger charge is 2.18. The van der Waals surface area contributed by atoms with E-state index < -0.39 is 0 Å². The van der Waals surface area contributed by atoms with Gasteiger partial charge in [-0.05, 0) is 30.8 Å². The van der Waals surface area contributed by atoms with Crippen molar-refractivity contribution in [3.05, 3.63) is 23.3 Å². The van der Waals surface area contributed by atoms with E-state index in [0.717, 1.165) is 0 Å². The molecule has 0 fully saturated rings. The molecular formula is C11H18. The monoisotopic (exact) mass is 150 g/mol. The zero-order valence-corrected chi connectivity index (χ0v) is 8.07. The number of hydrogen-bond acceptors (Lipinski definition) is 0. The first-order chi connectivity index (χ1) is 5.05. The van der Waals surface area contributed by atoms with Gasteiger partial charge in [-0.1, -0.05) is 38.5 Å². The second-order valence-corrected chi connectivity index (χ2v) is 4.10. The van der Waals surface area contributed by atoms with Crippen molar-refractivity contribution in [2.45, 2.75) is 40.5 Å². The van der Waals surface area contributed by atoms with Crippen molar-refractivity contribution in [2.75, 3.05) is 0 Å². The summed E-state index contributed by atoms with van der Waals surface area (Å²) in [5, 5.41) is 0. The predicted molar refractivity (Wildman–Crippen MR) is 50.5 cm³/mol. The van der Waals surface area contributed by atoms with Crippen LogP contribution in [0.15, 0.2) is 23.3 Å². The van der Waals surface area contributed by atoms with Crippen molar-refractivity contribution < 1.29 is 0 Å². The molecule has 0 amide bonds. The summed E-state index contributed by atoms with van der Waals surface area (Å²) in [5.41, 5.74) is 3.40. The summed E-state index contributed by atoms with van der Waals surface area (Å²) in [6.07, 6.45) is 7.16. The fourth-order valence-corrected chi connectivity index (χ4v) is 1.71. The molecule has 0 bridgehead atoms. The van der Waals surface area contributed by atoms with Gasteiger partial charge in [0.15, 0.2) is 0 Å². The topological polar surface area (TPSA) is 0 Å². The smallest absolute Gasteiger partial charge is 0.0134 e. The van der Waals surface area contributed by atoms with Crippen LogP contribution in [0.5, 0.6) is 0 Å². The average molecular weight is 150 g/mol. The van der Waals surface area contributed by atoms with Crippen molar-refractivity contribution in [3.63, 3.8) is 0 Å². The molecule has 0 spiro atoms. The van der Waals surface area contributed by atoms with E-state index in [1.54, 1.807) is 0 Å². The second-order valence-electron chi connectivity index (χ2n) is 4.10. The Hall–Kier alpha value is -0.520. The predicted octanol–water partition coefficient (Wildman–Crippen LogP) is 3.70. The third-order valence-electron chi connectivity index (χ3n) is 2.37. The summed E-state index contributed by atoms with van der Waals surface area (Å²) in [6, 6.07) is 0. The molecule has 0 heterocycles. The van der Waals surface area contributed by atoms with Gasteiger partial charge in [0.25, 0.3) is 0 Å². The summed E-state index contributed by atoms with van der Waals surface area (Å²) in [5.74, 6) is 0. The lowest BCUT2D eigenvalue weighted by Crippen LogP contribution is -2.11. The number of allylic oxidation sites excluding steroid dienone is 4. The van der Waals surface area contributed by atoms with Crippen LogP contribution in [0.2, 0.25) is 0 Å². The van der Waals surface area contributed by atoms with E-state index in [4.69, 9.17) is 0 Å². The number of rotatable bonds is 1. The molecule has 62 valence electrons. The minimum atomic E-state index is 0.392. The molecule has 0 aromatic carbocycles. The zero-order chi connectivity index (χ0) is 8.48. The Labute approximate surface area is 70.0 Å². The van der Waals surface area contributed by atoms with Crippen molar-refractivity contribution in [3.8, 4) is 0 Å². The Morgan fingerprint density at radius 3 is 2.55 bits per heavy atom. The molecule has 1 rings (SSSR count). The fraction of sp³-hybridized carbons (Fsp3) is 0.636. The molecular weight excluding hydrogens is 132 g/mol. The Morgan fingerprint density at radius 2 is 2.09 bits per heavy atom. The lowest BCUT2D eigenvalue weighted by Gasteiger charge is -2.25. The first-order valence-corrected chi connectivity index (χ1v) is 4.44. The van der Waals surface area contributed by atoms with Crippen LogP contribution in [-0.4, -0.2) is 0 Å². The van der Waals surface area contributed by atoms with E-state index in [9.17, 15) is 0 Å². The van der Waals surface area contributed by atoms with Gasteiger partial charge < -0.3 is 0 Å².